The summed E-state index contributed by atoms with van der Waals surface area (Å²) in [6.45, 7) is 7.79. The number of carbonyl (C=O) groups excluding carboxylic acids is 2. The van der Waals surface area contributed by atoms with Crippen LogP contribution >= 0.6 is 0 Å². The topological polar surface area (TPSA) is 46.6 Å². The Morgan fingerprint density at radius 1 is 1.50 bits per heavy atom. The number of rotatable bonds is 5. The molecular formula is C8H14NO3. The Morgan fingerprint density at radius 3 is 2.33 bits per heavy atom. The van der Waals surface area contributed by atoms with Crippen LogP contribution in [-0.4, -0.2) is 36.5 Å². The maximum atomic E-state index is 11.3. The van der Waals surface area contributed by atoms with Crippen LogP contribution in [0.4, 0.5) is 0 Å². The van der Waals surface area contributed by atoms with Gasteiger partial charge in [-0.05, 0) is 20.8 Å². The second kappa shape index (κ2) is 5.57. The number of nitrogens with zero attached hydrogens (tertiary/aromatic N) is 1. The van der Waals surface area contributed by atoms with Crippen LogP contribution in [0.1, 0.15) is 20.8 Å². The van der Waals surface area contributed by atoms with E-state index in [-0.39, 0.29) is 5.91 Å². The summed E-state index contributed by atoms with van der Waals surface area (Å²) in [6, 6.07) is 0. The maximum absolute atomic E-state index is 11.3. The summed E-state index contributed by atoms with van der Waals surface area (Å²) in [5, 5.41) is 0. The molecule has 0 aromatic rings. The average molecular weight is 172 g/mol. The standard InChI is InChI=1S/C8H14NO3/c1-4-9(5-2)8(11)7(3)12-6-10/h7H,4-5H2,1-3H3. The third kappa shape index (κ3) is 2.90. The van der Waals surface area contributed by atoms with Crippen molar-refractivity contribution in [3.05, 3.63) is 0 Å². The van der Waals surface area contributed by atoms with E-state index in [9.17, 15) is 9.59 Å². The molecule has 0 bridgehead atoms. The number of likely N-dealkylation sites (N-methyl/N-ethyl adjacent to an activating group) is 1. The second-order valence-corrected chi connectivity index (χ2v) is 2.35. The molecule has 0 aliphatic carbocycles. The average Bonchev–Trinajstić information content (AvgIpc) is 2.07. The zero-order valence-corrected chi connectivity index (χ0v) is 7.66. The van der Waals surface area contributed by atoms with Crippen LogP contribution in [0.5, 0.6) is 0 Å². The SMILES string of the molecule is CCN(CC)C(=O)C(C)O[C]=O. The van der Waals surface area contributed by atoms with Crippen LogP contribution < -0.4 is 0 Å². The normalized spacial score (nSPS) is 11.9. The van der Waals surface area contributed by atoms with Crippen molar-refractivity contribution in [2.75, 3.05) is 13.1 Å². The Balaban J connectivity index is 4.05. The Bertz CT molecular complexity index is 154. The van der Waals surface area contributed by atoms with Gasteiger partial charge in [0.1, 0.15) is 0 Å². The maximum Gasteiger partial charge on any atom is 0.418 e. The lowest BCUT2D eigenvalue weighted by Gasteiger charge is -2.21. The molecule has 0 saturated heterocycles. The third-order valence-electron chi connectivity index (χ3n) is 1.65. The van der Waals surface area contributed by atoms with Crippen molar-refractivity contribution in [2.24, 2.45) is 0 Å². The fourth-order valence-electron chi connectivity index (χ4n) is 0.915. The monoisotopic (exact) mass is 172 g/mol. The fraction of sp³-hybridized carbons (Fsp3) is 0.750. The Kier molecular flexibility index (Phi) is 5.08. The summed E-state index contributed by atoms with van der Waals surface area (Å²) >= 11 is 0. The Hall–Kier alpha value is -1.06. The first-order chi connectivity index (χ1) is 5.67. The van der Waals surface area contributed by atoms with Crippen molar-refractivity contribution in [3.8, 4) is 0 Å². The highest BCUT2D eigenvalue weighted by Crippen LogP contribution is 1.97. The van der Waals surface area contributed by atoms with Crippen molar-refractivity contribution in [3.63, 3.8) is 0 Å². The molecule has 4 heteroatoms. The zero-order valence-electron chi connectivity index (χ0n) is 7.66. The van der Waals surface area contributed by atoms with E-state index in [1.165, 1.54) is 13.4 Å². The van der Waals surface area contributed by atoms with Crippen molar-refractivity contribution in [2.45, 2.75) is 26.9 Å². The highest BCUT2D eigenvalue weighted by atomic mass is 16.5. The number of carbonyl (C=O) groups is 1. The van der Waals surface area contributed by atoms with Gasteiger partial charge in [-0.15, -0.1) is 0 Å². The van der Waals surface area contributed by atoms with Gasteiger partial charge in [0.15, 0.2) is 6.10 Å². The second-order valence-electron chi connectivity index (χ2n) is 2.35. The van der Waals surface area contributed by atoms with E-state index >= 15 is 0 Å². The lowest BCUT2D eigenvalue weighted by atomic mass is 10.3. The summed E-state index contributed by atoms with van der Waals surface area (Å²) in [7, 11) is 0. The van der Waals surface area contributed by atoms with Gasteiger partial charge in [0, 0.05) is 13.1 Å². The van der Waals surface area contributed by atoms with Crippen LogP contribution in [0.2, 0.25) is 0 Å². The number of hydrogen-bond donors (Lipinski definition) is 0. The highest BCUT2D eigenvalue weighted by Gasteiger charge is 2.18. The van der Waals surface area contributed by atoms with Crippen LogP contribution in [-0.2, 0) is 14.3 Å². The Labute approximate surface area is 72.5 Å². The van der Waals surface area contributed by atoms with Crippen molar-refractivity contribution < 1.29 is 14.3 Å². The molecule has 1 amide bonds. The van der Waals surface area contributed by atoms with Gasteiger partial charge in [-0.3, -0.25) is 4.79 Å². The van der Waals surface area contributed by atoms with Gasteiger partial charge in [-0.25, -0.2) is 4.79 Å². The molecule has 0 aliphatic heterocycles. The molecule has 4 nitrogen and oxygen atoms in total. The molecule has 0 rings (SSSR count). The molecule has 0 aromatic carbocycles. The van der Waals surface area contributed by atoms with E-state index in [0.717, 1.165) is 0 Å². The summed E-state index contributed by atoms with van der Waals surface area (Å²) < 4.78 is 4.39. The highest BCUT2D eigenvalue weighted by molar-refractivity contribution is 5.81. The van der Waals surface area contributed by atoms with Gasteiger partial charge in [0.05, 0.1) is 0 Å². The van der Waals surface area contributed by atoms with Gasteiger partial charge >= 0.3 is 6.47 Å². The summed E-state index contributed by atoms with van der Waals surface area (Å²) in [4.78, 5) is 22.7. The quantitative estimate of drug-likeness (QED) is 0.600. The molecule has 0 spiro atoms. The number of hydrogen-bond acceptors (Lipinski definition) is 3. The smallest absolute Gasteiger partial charge is 0.418 e. The molecule has 0 saturated carbocycles. The molecule has 69 valence electrons. The van der Waals surface area contributed by atoms with Gasteiger partial charge in [0.25, 0.3) is 5.91 Å². The van der Waals surface area contributed by atoms with E-state index in [0.29, 0.717) is 13.1 Å². The van der Waals surface area contributed by atoms with Gasteiger partial charge in [0.2, 0.25) is 0 Å². The molecule has 0 aliphatic rings. The lowest BCUT2D eigenvalue weighted by molar-refractivity contribution is -0.138. The Morgan fingerprint density at radius 2 is 2.00 bits per heavy atom. The molecule has 0 fully saturated rings. The van der Waals surface area contributed by atoms with E-state index < -0.39 is 6.10 Å². The molecule has 1 unspecified atom stereocenters. The van der Waals surface area contributed by atoms with Gasteiger partial charge in [-0.2, -0.15) is 0 Å². The van der Waals surface area contributed by atoms with E-state index in [1.54, 1.807) is 4.90 Å². The lowest BCUT2D eigenvalue weighted by Crippen LogP contribution is -2.38. The zero-order chi connectivity index (χ0) is 9.56. The third-order valence-corrected chi connectivity index (χ3v) is 1.65. The predicted octanol–water partition coefficient (Wildman–Crippen LogP) is 0.327. The molecule has 1 atom stereocenters. The van der Waals surface area contributed by atoms with Crippen molar-refractivity contribution in [1.29, 1.82) is 0 Å². The van der Waals surface area contributed by atoms with Crippen LogP contribution in [0, 0.1) is 0 Å². The van der Waals surface area contributed by atoms with Crippen molar-refractivity contribution >= 4 is 12.4 Å². The minimum absolute atomic E-state index is 0.177. The molecule has 0 aromatic heterocycles. The molecule has 1 radical (unpaired) electrons. The first kappa shape index (κ1) is 10.9. The number of ether oxygens (including phenoxy) is 1. The van der Waals surface area contributed by atoms with Crippen LogP contribution in [0.3, 0.4) is 0 Å². The molecule has 0 heterocycles. The van der Waals surface area contributed by atoms with E-state index in [4.69, 9.17) is 0 Å². The molecular weight excluding hydrogens is 158 g/mol. The van der Waals surface area contributed by atoms with E-state index in [1.807, 2.05) is 13.8 Å². The van der Waals surface area contributed by atoms with Gasteiger partial charge < -0.3 is 9.64 Å². The number of amides is 1. The minimum atomic E-state index is -0.720. The predicted molar refractivity (Wildman–Crippen MR) is 44.2 cm³/mol. The van der Waals surface area contributed by atoms with Crippen LogP contribution in [0.25, 0.3) is 0 Å². The molecule has 0 N–H and O–H groups in total. The van der Waals surface area contributed by atoms with Gasteiger partial charge in [-0.1, -0.05) is 0 Å². The first-order valence-electron chi connectivity index (χ1n) is 3.98. The summed E-state index contributed by atoms with van der Waals surface area (Å²) in [5.41, 5.74) is 0. The van der Waals surface area contributed by atoms with E-state index in [2.05, 4.69) is 4.74 Å². The molecule has 12 heavy (non-hydrogen) atoms. The largest absolute Gasteiger partial charge is 0.444 e. The summed E-state index contributed by atoms with van der Waals surface area (Å²) in [5.74, 6) is -0.177. The fourth-order valence-corrected chi connectivity index (χ4v) is 0.915. The minimum Gasteiger partial charge on any atom is -0.444 e. The van der Waals surface area contributed by atoms with Crippen LogP contribution in [0.15, 0.2) is 0 Å². The first-order valence-corrected chi connectivity index (χ1v) is 3.98. The summed E-state index contributed by atoms with van der Waals surface area (Å²) in [6.07, 6.45) is -0.720. The van der Waals surface area contributed by atoms with Crippen molar-refractivity contribution in [1.82, 2.24) is 4.90 Å².